The van der Waals surface area contributed by atoms with Gasteiger partial charge in [0.25, 0.3) is 5.91 Å². The molecule has 2 aliphatic heterocycles. The predicted molar refractivity (Wildman–Crippen MR) is 101 cm³/mol. The third-order valence-electron chi connectivity index (χ3n) is 5.09. The zero-order valence-corrected chi connectivity index (χ0v) is 16.0. The second kappa shape index (κ2) is 7.08. The third-order valence-corrected chi connectivity index (χ3v) is 5.09. The molecule has 5 rings (SSSR count). The van der Waals surface area contributed by atoms with E-state index in [9.17, 15) is 13.6 Å². The number of carbonyl (C=O) groups excluding carboxylic acids is 1. The fraction of sp³-hybridized carbons (Fsp3) is 0.368. The molecule has 0 saturated carbocycles. The van der Waals surface area contributed by atoms with Crippen LogP contribution >= 0.6 is 0 Å². The van der Waals surface area contributed by atoms with E-state index in [1.54, 1.807) is 6.20 Å². The van der Waals surface area contributed by atoms with Crippen LogP contribution in [0.5, 0.6) is 11.6 Å². The van der Waals surface area contributed by atoms with Crippen LogP contribution in [0.25, 0.3) is 5.65 Å². The van der Waals surface area contributed by atoms with E-state index in [1.165, 1.54) is 16.8 Å². The highest BCUT2D eigenvalue weighted by Gasteiger charge is 2.30. The Morgan fingerprint density at radius 2 is 2.13 bits per heavy atom. The van der Waals surface area contributed by atoms with Crippen LogP contribution < -0.4 is 19.7 Å². The van der Waals surface area contributed by atoms with Gasteiger partial charge in [-0.05, 0) is 13.0 Å². The van der Waals surface area contributed by atoms with Gasteiger partial charge in [-0.3, -0.25) is 4.79 Å². The zero-order valence-electron chi connectivity index (χ0n) is 16.0. The minimum absolute atomic E-state index is 0.106. The molecule has 30 heavy (non-hydrogen) atoms. The number of alkyl halides is 1. The van der Waals surface area contributed by atoms with Gasteiger partial charge in [0.2, 0.25) is 5.88 Å². The highest BCUT2D eigenvalue weighted by molar-refractivity contribution is 5.99. The van der Waals surface area contributed by atoms with Crippen molar-refractivity contribution in [2.75, 3.05) is 24.7 Å². The molecule has 2 atom stereocenters. The Bertz CT molecular complexity index is 1140. The van der Waals surface area contributed by atoms with Crippen LogP contribution in [0.2, 0.25) is 0 Å². The molecule has 0 unspecified atom stereocenters. The third kappa shape index (κ3) is 3.15. The van der Waals surface area contributed by atoms with E-state index in [0.29, 0.717) is 29.4 Å². The molecule has 156 valence electrons. The van der Waals surface area contributed by atoms with Crippen LogP contribution in [0.3, 0.4) is 0 Å². The maximum Gasteiger partial charge on any atom is 0.256 e. The second-order valence-corrected chi connectivity index (χ2v) is 7.28. The van der Waals surface area contributed by atoms with E-state index in [2.05, 4.69) is 20.4 Å². The van der Waals surface area contributed by atoms with Crippen molar-refractivity contribution in [3.8, 4) is 11.6 Å². The molecule has 5 heterocycles. The van der Waals surface area contributed by atoms with Gasteiger partial charge in [0.05, 0.1) is 37.7 Å². The molecule has 1 amide bonds. The maximum atomic E-state index is 14.3. The molecular formula is C19H18F2N6O3. The lowest BCUT2D eigenvalue weighted by molar-refractivity contribution is 0.0932. The lowest BCUT2D eigenvalue weighted by atomic mass is 10.1. The maximum absolute atomic E-state index is 14.3. The lowest BCUT2D eigenvalue weighted by Gasteiger charge is -2.35. The number of ether oxygens (including phenoxy) is 2. The molecular weight excluding hydrogens is 398 g/mol. The standard InChI is InChI=1S/C19H18F2N6O3/c1-10-8-29-15-7-27-16-14(5-24-27)18(28)22-4-13(21)9-30-19-11(2-12(20)3-23-19)6-26(10)17(15)25-16/h2-3,5,7,10,13H,4,6,8-9H2,1H3,(H,22,28)/t10-,13+/m1/s1. The number of fused-ring (bicyclic) bond motifs is 1. The second-order valence-electron chi connectivity index (χ2n) is 7.28. The molecule has 3 aromatic rings. The summed E-state index contributed by atoms with van der Waals surface area (Å²) >= 11 is 0. The SMILES string of the molecule is C[C@@H]1COc2cn3ncc4c3nc2N1Cc1cc(F)cnc1OC[C@@H](F)CNC4=O. The van der Waals surface area contributed by atoms with Crippen LogP contribution in [0.4, 0.5) is 14.6 Å². The van der Waals surface area contributed by atoms with Gasteiger partial charge in [-0.15, -0.1) is 0 Å². The monoisotopic (exact) mass is 416 g/mol. The Morgan fingerprint density at radius 1 is 1.27 bits per heavy atom. The van der Waals surface area contributed by atoms with Crippen molar-refractivity contribution in [2.24, 2.45) is 0 Å². The van der Waals surface area contributed by atoms with E-state index >= 15 is 0 Å². The molecule has 2 bridgehead atoms. The highest BCUT2D eigenvalue weighted by Crippen LogP contribution is 2.35. The van der Waals surface area contributed by atoms with Gasteiger partial charge in [0, 0.05) is 5.56 Å². The van der Waals surface area contributed by atoms with Crippen molar-refractivity contribution in [3.63, 3.8) is 0 Å². The van der Waals surface area contributed by atoms with Crippen LogP contribution in [-0.2, 0) is 6.54 Å². The van der Waals surface area contributed by atoms with Gasteiger partial charge in [-0.25, -0.2) is 23.3 Å². The van der Waals surface area contributed by atoms with Crippen molar-refractivity contribution in [3.05, 3.63) is 41.6 Å². The molecule has 0 radical (unpaired) electrons. The Balaban J connectivity index is 1.67. The largest absolute Gasteiger partial charge is 0.486 e. The van der Waals surface area contributed by atoms with E-state index in [-0.39, 0.29) is 37.2 Å². The number of anilines is 1. The first-order valence-corrected chi connectivity index (χ1v) is 9.47. The molecule has 0 saturated heterocycles. The van der Waals surface area contributed by atoms with E-state index in [4.69, 9.17) is 9.47 Å². The number of rotatable bonds is 0. The summed E-state index contributed by atoms with van der Waals surface area (Å²) in [5.74, 6) is 0.0953. The molecule has 0 spiro atoms. The average Bonchev–Trinajstić information content (AvgIpc) is 3.14. The van der Waals surface area contributed by atoms with Crippen LogP contribution in [0, 0.1) is 5.82 Å². The van der Waals surface area contributed by atoms with E-state index in [0.717, 1.165) is 6.20 Å². The quantitative estimate of drug-likeness (QED) is 0.594. The Morgan fingerprint density at radius 3 is 3.00 bits per heavy atom. The Hall–Kier alpha value is -3.50. The number of pyridine rings is 1. The van der Waals surface area contributed by atoms with Crippen molar-refractivity contribution < 1.29 is 23.0 Å². The van der Waals surface area contributed by atoms with Gasteiger partial charge >= 0.3 is 0 Å². The molecule has 3 aromatic heterocycles. The average molecular weight is 416 g/mol. The number of nitrogens with one attached hydrogen (secondary N) is 1. The number of aromatic nitrogens is 4. The molecule has 9 nitrogen and oxygen atoms in total. The first-order chi connectivity index (χ1) is 14.5. The predicted octanol–water partition coefficient (Wildman–Crippen LogP) is 1.51. The van der Waals surface area contributed by atoms with Gasteiger partial charge in [-0.2, -0.15) is 5.10 Å². The molecule has 0 fully saturated rings. The number of hydrogen-bond acceptors (Lipinski definition) is 7. The number of hydrogen-bond donors (Lipinski definition) is 1. The summed E-state index contributed by atoms with van der Waals surface area (Å²) in [5, 5.41) is 6.69. The van der Waals surface area contributed by atoms with E-state index < -0.39 is 17.9 Å². The van der Waals surface area contributed by atoms with Crippen molar-refractivity contribution >= 4 is 17.4 Å². The van der Waals surface area contributed by atoms with Crippen molar-refractivity contribution in [1.82, 2.24) is 24.9 Å². The Labute approximate surface area is 169 Å². The smallest absolute Gasteiger partial charge is 0.256 e. The minimum atomic E-state index is -1.48. The summed E-state index contributed by atoms with van der Waals surface area (Å²) in [5.41, 5.74) is 0.989. The number of nitrogens with zero attached hydrogens (tertiary/aromatic N) is 5. The summed E-state index contributed by atoms with van der Waals surface area (Å²) in [6, 6.07) is 1.21. The van der Waals surface area contributed by atoms with Crippen LogP contribution in [0.15, 0.2) is 24.7 Å². The van der Waals surface area contributed by atoms with Gasteiger partial charge in [-0.1, -0.05) is 0 Å². The number of halogens is 2. The van der Waals surface area contributed by atoms with Crippen LogP contribution in [0.1, 0.15) is 22.8 Å². The number of carbonyl (C=O) groups is 1. The Kier molecular flexibility index (Phi) is 4.37. The van der Waals surface area contributed by atoms with Gasteiger partial charge in [0.1, 0.15) is 24.6 Å². The summed E-state index contributed by atoms with van der Waals surface area (Å²) in [4.78, 5) is 23.1. The normalized spacial score (nSPS) is 21.4. The molecule has 1 N–H and O–H groups in total. The molecule has 0 aromatic carbocycles. The topological polar surface area (TPSA) is 93.9 Å². The molecule has 0 aliphatic carbocycles. The summed E-state index contributed by atoms with van der Waals surface area (Å²) in [7, 11) is 0. The number of amides is 1. The fourth-order valence-electron chi connectivity index (χ4n) is 3.52. The molecule has 11 heteroatoms. The zero-order chi connectivity index (χ0) is 20.8. The van der Waals surface area contributed by atoms with Crippen LogP contribution in [-0.4, -0.2) is 57.5 Å². The summed E-state index contributed by atoms with van der Waals surface area (Å²) < 4.78 is 41.0. The summed E-state index contributed by atoms with van der Waals surface area (Å²) in [6.07, 6.45) is 2.56. The van der Waals surface area contributed by atoms with Crippen molar-refractivity contribution in [2.45, 2.75) is 25.7 Å². The fourth-order valence-corrected chi connectivity index (χ4v) is 3.52. The first kappa shape index (κ1) is 18.5. The lowest BCUT2D eigenvalue weighted by Crippen LogP contribution is -2.41. The van der Waals surface area contributed by atoms with Gasteiger partial charge in [0.15, 0.2) is 23.4 Å². The van der Waals surface area contributed by atoms with Crippen molar-refractivity contribution in [1.29, 1.82) is 0 Å². The highest BCUT2D eigenvalue weighted by atomic mass is 19.1. The van der Waals surface area contributed by atoms with Gasteiger partial charge < -0.3 is 19.7 Å². The first-order valence-electron chi connectivity index (χ1n) is 9.47. The summed E-state index contributed by atoms with van der Waals surface area (Å²) in [6.45, 7) is 1.94. The van der Waals surface area contributed by atoms with E-state index in [1.807, 2.05) is 11.8 Å². The minimum Gasteiger partial charge on any atom is -0.486 e. The molecule has 2 aliphatic rings.